The molecule has 4 rings (SSSR count). The second-order valence-corrected chi connectivity index (χ2v) is 6.50. The molecule has 0 aliphatic carbocycles. The zero-order valence-electron chi connectivity index (χ0n) is 14.5. The van der Waals surface area contributed by atoms with Gasteiger partial charge in [-0.15, -0.1) is 10.2 Å². The summed E-state index contributed by atoms with van der Waals surface area (Å²) in [6.45, 7) is 1.97. The first-order valence-corrected chi connectivity index (χ1v) is 8.26. The minimum atomic E-state index is -0.0444. The van der Waals surface area contributed by atoms with Crippen LogP contribution in [0.15, 0.2) is 36.7 Å². The quantitative estimate of drug-likeness (QED) is 0.722. The van der Waals surface area contributed by atoms with Crippen molar-refractivity contribution in [1.29, 1.82) is 0 Å². The lowest BCUT2D eigenvalue weighted by Crippen LogP contribution is -2.21. The van der Waals surface area contributed by atoms with Gasteiger partial charge in [-0.05, 0) is 42.7 Å². The number of benzene rings is 1. The molecule has 1 amide bonds. The number of rotatable bonds is 2. The molecule has 126 valence electrons. The maximum atomic E-state index is 12.2. The Labute approximate surface area is 146 Å². The number of hydrogen-bond donors (Lipinski definition) is 0. The Bertz CT molecular complexity index is 974. The Morgan fingerprint density at radius 1 is 1.08 bits per heavy atom. The zero-order chi connectivity index (χ0) is 17.6. The summed E-state index contributed by atoms with van der Waals surface area (Å²) in [5.74, 6) is 1.87. The molecule has 1 aromatic carbocycles. The molecule has 2 aromatic heterocycles. The van der Waals surface area contributed by atoms with Gasteiger partial charge in [0.1, 0.15) is 11.6 Å². The van der Waals surface area contributed by atoms with Crippen molar-refractivity contribution in [2.75, 3.05) is 14.1 Å². The van der Waals surface area contributed by atoms with Crippen molar-refractivity contribution in [3.63, 3.8) is 0 Å². The van der Waals surface area contributed by atoms with Gasteiger partial charge in [-0.1, -0.05) is 6.07 Å². The van der Waals surface area contributed by atoms with Crippen LogP contribution in [0, 0.1) is 6.92 Å². The van der Waals surface area contributed by atoms with Crippen molar-refractivity contribution in [3.8, 4) is 16.8 Å². The van der Waals surface area contributed by atoms with Crippen molar-refractivity contribution >= 4 is 5.91 Å². The summed E-state index contributed by atoms with van der Waals surface area (Å²) in [7, 11) is 3.49. The monoisotopic (exact) mass is 333 g/mol. The molecule has 0 saturated carbocycles. The van der Waals surface area contributed by atoms with E-state index in [9.17, 15) is 4.79 Å². The summed E-state index contributed by atoms with van der Waals surface area (Å²) in [5, 5.41) is 8.43. The average molecular weight is 333 g/mol. The van der Waals surface area contributed by atoms with Crippen LogP contribution in [0.25, 0.3) is 16.8 Å². The minimum Gasteiger partial charge on any atom is -0.345 e. The van der Waals surface area contributed by atoms with Gasteiger partial charge in [-0.25, -0.2) is 0 Å². The number of carbonyl (C=O) groups excluding carboxylic acids is 1. The molecule has 0 unspecified atom stereocenters. The maximum absolute atomic E-state index is 12.2. The summed E-state index contributed by atoms with van der Waals surface area (Å²) in [4.78, 5) is 18.0. The molecule has 0 atom stereocenters. The number of nitrogens with zero attached hydrogens (tertiary/aromatic N) is 5. The number of fused-ring (bicyclic) bond motifs is 3. The van der Waals surface area contributed by atoms with Crippen LogP contribution in [-0.4, -0.2) is 44.7 Å². The smallest absolute Gasteiger partial charge is 0.254 e. The molecule has 0 spiro atoms. The number of carbonyl (C=O) groups is 1. The first-order valence-electron chi connectivity index (χ1n) is 8.26. The van der Waals surface area contributed by atoms with Crippen LogP contribution in [0.2, 0.25) is 0 Å². The van der Waals surface area contributed by atoms with Gasteiger partial charge in [-0.3, -0.25) is 14.3 Å². The highest BCUT2D eigenvalue weighted by Gasteiger charge is 2.20. The molecular weight excluding hydrogens is 314 g/mol. The van der Waals surface area contributed by atoms with Crippen LogP contribution in [-0.2, 0) is 12.8 Å². The van der Waals surface area contributed by atoms with E-state index in [0.717, 1.165) is 41.3 Å². The van der Waals surface area contributed by atoms with Crippen LogP contribution < -0.4 is 0 Å². The molecule has 0 radical (unpaired) electrons. The molecule has 6 heteroatoms. The summed E-state index contributed by atoms with van der Waals surface area (Å²) in [6.07, 6.45) is 5.23. The van der Waals surface area contributed by atoms with E-state index >= 15 is 0 Å². The molecule has 6 nitrogen and oxygen atoms in total. The van der Waals surface area contributed by atoms with Gasteiger partial charge in [0.25, 0.3) is 5.91 Å². The van der Waals surface area contributed by atoms with Gasteiger partial charge >= 0.3 is 0 Å². The Balaban J connectivity index is 1.76. The molecule has 25 heavy (non-hydrogen) atoms. The number of amides is 1. The molecule has 1 aliphatic heterocycles. The first-order chi connectivity index (χ1) is 12.0. The lowest BCUT2D eigenvalue weighted by atomic mass is 9.97. The number of pyridine rings is 1. The Morgan fingerprint density at radius 3 is 2.72 bits per heavy atom. The van der Waals surface area contributed by atoms with Gasteiger partial charge in [0.15, 0.2) is 0 Å². The maximum Gasteiger partial charge on any atom is 0.254 e. The molecule has 0 N–H and O–H groups in total. The van der Waals surface area contributed by atoms with E-state index in [1.165, 1.54) is 5.56 Å². The van der Waals surface area contributed by atoms with E-state index in [1.54, 1.807) is 31.4 Å². The molecule has 3 aromatic rings. The summed E-state index contributed by atoms with van der Waals surface area (Å²) in [6, 6.07) is 8.24. The van der Waals surface area contributed by atoms with Crippen molar-refractivity contribution in [1.82, 2.24) is 24.6 Å². The Kier molecular flexibility index (Phi) is 3.60. The molecular formula is C19H19N5O. The molecule has 1 aliphatic rings. The summed E-state index contributed by atoms with van der Waals surface area (Å²) < 4.78 is 2.12. The van der Waals surface area contributed by atoms with Gasteiger partial charge in [0.05, 0.1) is 11.3 Å². The minimum absolute atomic E-state index is 0.0444. The van der Waals surface area contributed by atoms with Crippen LogP contribution in [0.1, 0.15) is 27.6 Å². The molecule has 0 bridgehead atoms. The number of hydrogen-bond acceptors (Lipinski definition) is 4. The normalized spacial score (nSPS) is 12.4. The van der Waals surface area contributed by atoms with Gasteiger partial charge in [0.2, 0.25) is 0 Å². The third-order valence-electron chi connectivity index (χ3n) is 4.55. The van der Waals surface area contributed by atoms with E-state index in [2.05, 4.69) is 37.9 Å². The van der Waals surface area contributed by atoms with Gasteiger partial charge in [-0.2, -0.15) is 0 Å². The highest BCUT2D eigenvalue weighted by molar-refractivity contribution is 5.94. The molecule has 0 fully saturated rings. The fourth-order valence-electron chi connectivity index (χ4n) is 3.28. The van der Waals surface area contributed by atoms with Crippen LogP contribution >= 0.6 is 0 Å². The second-order valence-electron chi connectivity index (χ2n) is 6.50. The van der Waals surface area contributed by atoms with E-state index < -0.39 is 0 Å². The van der Waals surface area contributed by atoms with Crippen LogP contribution in [0.4, 0.5) is 0 Å². The fourth-order valence-corrected chi connectivity index (χ4v) is 3.28. The Hall–Kier alpha value is -3.02. The standard InChI is InChI=1S/C19H19N5O/c1-12-21-22-18-7-5-14-8-13(4-6-17(14)24(12)18)15-9-16(11-20-10-15)19(25)23(2)3/h4,6,8-11H,5,7H2,1-3H3. The van der Waals surface area contributed by atoms with Gasteiger partial charge in [0, 0.05) is 38.5 Å². The van der Waals surface area contributed by atoms with Crippen molar-refractivity contribution in [2.45, 2.75) is 19.8 Å². The van der Waals surface area contributed by atoms with Crippen molar-refractivity contribution < 1.29 is 4.79 Å². The lowest BCUT2D eigenvalue weighted by Gasteiger charge is -2.20. The third-order valence-corrected chi connectivity index (χ3v) is 4.55. The number of aryl methyl sites for hydroxylation is 3. The van der Waals surface area contributed by atoms with E-state index in [-0.39, 0.29) is 5.91 Å². The van der Waals surface area contributed by atoms with E-state index in [0.29, 0.717) is 5.56 Å². The SMILES string of the molecule is Cc1nnc2n1-c1ccc(-c3cncc(C(=O)N(C)C)c3)cc1CC2. The van der Waals surface area contributed by atoms with Crippen molar-refractivity contribution in [2.24, 2.45) is 0 Å². The Morgan fingerprint density at radius 2 is 1.92 bits per heavy atom. The highest BCUT2D eigenvalue weighted by atomic mass is 16.2. The average Bonchev–Trinajstić information content (AvgIpc) is 3.02. The fraction of sp³-hybridized carbons (Fsp3) is 0.263. The molecule has 0 saturated heterocycles. The van der Waals surface area contributed by atoms with Crippen LogP contribution in [0.5, 0.6) is 0 Å². The highest BCUT2D eigenvalue weighted by Crippen LogP contribution is 2.29. The summed E-state index contributed by atoms with van der Waals surface area (Å²) in [5.41, 5.74) is 5.01. The van der Waals surface area contributed by atoms with E-state index in [4.69, 9.17) is 0 Å². The second kappa shape index (κ2) is 5.81. The predicted octanol–water partition coefficient (Wildman–Crippen LogP) is 2.44. The lowest BCUT2D eigenvalue weighted by molar-refractivity contribution is 0.0827. The van der Waals surface area contributed by atoms with Crippen molar-refractivity contribution in [3.05, 3.63) is 59.4 Å². The zero-order valence-corrected chi connectivity index (χ0v) is 14.5. The van der Waals surface area contributed by atoms with Gasteiger partial charge < -0.3 is 4.90 Å². The number of aromatic nitrogens is 4. The predicted molar refractivity (Wildman–Crippen MR) is 94.8 cm³/mol. The largest absolute Gasteiger partial charge is 0.345 e. The topological polar surface area (TPSA) is 63.9 Å². The van der Waals surface area contributed by atoms with E-state index in [1.807, 2.05) is 13.0 Å². The first kappa shape index (κ1) is 15.5. The molecule has 3 heterocycles. The summed E-state index contributed by atoms with van der Waals surface area (Å²) >= 11 is 0. The van der Waals surface area contributed by atoms with Crippen LogP contribution in [0.3, 0.4) is 0 Å². The third kappa shape index (κ3) is 2.59.